The molecule has 0 aliphatic heterocycles. The molecule has 3 rings (SSSR count). The molecule has 0 amide bonds. The summed E-state index contributed by atoms with van der Waals surface area (Å²) >= 11 is 14.1. The minimum absolute atomic E-state index is 0.220. The van der Waals surface area contributed by atoms with E-state index in [2.05, 4.69) is 4.98 Å². The van der Waals surface area contributed by atoms with Crippen LogP contribution in [0, 0.1) is 9.39 Å². The van der Waals surface area contributed by atoms with Gasteiger partial charge in [0.1, 0.15) is 11.6 Å². The number of hydrogen-bond acceptors (Lipinski definition) is 1. The number of aromatic nitrogens is 2. The Bertz CT molecular complexity index is 801. The van der Waals surface area contributed by atoms with Crippen molar-refractivity contribution in [2.45, 2.75) is 5.88 Å². The van der Waals surface area contributed by atoms with Crippen LogP contribution in [0.25, 0.3) is 16.7 Å². The highest BCUT2D eigenvalue weighted by atomic mass is 127. The average molecular weight is 421 g/mol. The van der Waals surface area contributed by atoms with Crippen molar-refractivity contribution in [3.05, 3.63) is 56.6 Å². The summed E-state index contributed by atoms with van der Waals surface area (Å²) in [5.41, 5.74) is 2.10. The van der Waals surface area contributed by atoms with E-state index in [9.17, 15) is 4.39 Å². The van der Waals surface area contributed by atoms with Crippen molar-refractivity contribution in [2.75, 3.05) is 0 Å². The SMILES string of the molecule is Fc1cc2c(cc1I)nc(CCl)n2-c1ccccc1Cl. The largest absolute Gasteiger partial charge is 0.294 e. The number of benzene rings is 2. The molecule has 6 heteroatoms. The van der Waals surface area contributed by atoms with Crippen molar-refractivity contribution in [2.24, 2.45) is 0 Å². The lowest BCUT2D eigenvalue weighted by Crippen LogP contribution is -2.00. The molecule has 0 aliphatic carbocycles. The predicted molar refractivity (Wildman–Crippen MR) is 88.3 cm³/mol. The maximum absolute atomic E-state index is 13.8. The molecule has 0 aliphatic rings. The van der Waals surface area contributed by atoms with Gasteiger partial charge in [-0.3, -0.25) is 4.57 Å². The number of fused-ring (bicyclic) bond motifs is 1. The van der Waals surface area contributed by atoms with Gasteiger partial charge >= 0.3 is 0 Å². The average Bonchev–Trinajstić information content (AvgIpc) is 2.77. The van der Waals surface area contributed by atoms with Crippen molar-refractivity contribution >= 4 is 56.8 Å². The maximum Gasteiger partial charge on any atom is 0.138 e. The van der Waals surface area contributed by atoms with Gasteiger partial charge in [0.2, 0.25) is 0 Å². The lowest BCUT2D eigenvalue weighted by atomic mass is 10.2. The van der Waals surface area contributed by atoms with Crippen LogP contribution in [0.2, 0.25) is 5.02 Å². The van der Waals surface area contributed by atoms with E-state index in [1.165, 1.54) is 6.07 Å². The third kappa shape index (κ3) is 2.29. The minimum Gasteiger partial charge on any atom is -0.294 e. The monoisotopic (exact) mass is 420 g/mol. The first-order valence-corrected chi connectivity index (χ1v) is 7.78. The molecule has 0 saturated carbocycles. The molecule has 0 fully saturated rings. The van der Waals surface area contributed by atoms with Crippen LogP contribution in [0.15, 0.2) is 36.4 Å². The summed E-state index contributed by atoms with van der Waals surface area (Å²) in [7, 11) is 0. The van der Waals surface area contributed by atoms with E-state index in [0.29, 0.717) is 25.5 Å². The van der Waals surface area contributed by atoms with Crippen LogP contribution in [0.3, 0.4) is 0 Å². The first-order valence-electron chi connectivity index (χ1n) is 5.79. The van der Waals surface area contributed by atoms with Gasteiger partial charge in [-0.05, 0) is 40.8 Å². The molecule has 0 radical (unpaired) electrons. The molecule has 0 N–H and O–H groups in total. The molecule has 2 aromatic carbocycles. The fraction of sp³-hybridized carbons (Fsp3) is 0.0714. The van der Waals surface area contributed by atoms with Crippen LogP contribution in [0.4, 0.5) is 4.39 Å². The number of rotatable bonds is 2. The summed E-state index contributed by atoms with van der Waals surface area (Å²) < 4.78 is 16.2. The van der Waals surface area contributed by atoms with Crippen LogP contribution in [-0.2, 0) is 5.88 Å². The number of para-hydroxylation sites is 1. The summed E-state index contributed by atoms with van der Waals surface area (Å²) in [4.78, 5) is 4.45. The summed E-state index contributed by atoms with van der Waals surface area (Å²) in [5.74, 6) is 0.571. The summed E-state index contributed by atoms with van der Waals surface area (Å²) in [5, 5.41) is 0.567. The molecule has 3 aromatic rings. The quantitative estimate of drug-likeness (QED) is 0.413. The van der Waals surface area contributed by atoms with Gasteiger partial charge in [0.25, 0.3) is 0 Å². The topological polar surface area (TPSA) is 17.8 Å². The molecular weight excluding hydrogens is 413 g/mol. The van der Waals surface area contributed by atoms with Gasteiger partial charge in [-0.2, -0.15) is 0 Å². The zero-order valence-corrected chi connectivity index (χ0v) is 13.7. The lowest BCUT2D eigenvalue weighted by molar-refractivity contribution is 0.622. The van der Waals surface area contributed by atoms with Gasteiger partial charge in [-0.15, -0.1) is 11.6 Å². The van der Waals surface area contributed by atoms with Gasteiger partial charge in [0, 0.05) is 6.07 Å². The Morgan fingerprint density at radius 1 is 1.25 bits per heavy atom. The van der Waals surface area contributed by atoms with Crippen molar-refractivity contribution in [1.29, 1.82) is 0 Å². The Kier molecular flexibility index (Phi) is 3.88. The zero-order valence-electron chi connectivity index (χ0n) is 10.1. The first-order chi connectivity index (χ1) is 9.61. The van der Waals surface area contributed by atoms with Crippen LogP contribution < -0.4 is 0 Å². The molecule has 1 aromatic heterocycles. The highest BCUT2D eigenvalue weighted by Crippen LogP contribution is 2.29. The third-order valence-electron chi connectivity index (χ3n) is 2.98. The van der Waals surface area contributed by atoms with E-state index in [1.54, 1.807) is 16.7 Å². The normalized spacial score (nSPS) is 11.2. The van der Waals surface area contributed by atoms with Crippen molar-refractivity contribution < 1.29 is 4.39 Å². The van der Waals surface area contributed by atoms with E-state index in [4.69, 9.17) is 23.2 Å². The lowest BCUT2D eigenvalue weighted by Gasteiger charge is -2.09. The standard InChI is InChI=1S/C14H8Cl2FIN2/c15-7-14-19-11-6-10(18)9(17)5-13(11)20(14)12-4-2-1-3-8(12)16/h1-6H,7H2. The molecule has 2 nitrogen and oxygen atoms in total. The smallest absolute Gasteiger partial charge is 0.138 e. The number of hydrogen-bond donors (Lipinski definition) is 0. The second-order valence-corrected chi connectivity index (χ2v) is 6.04. The van der Waals surface area contributed by atoms with Crippen molar-refractivity contribution in [3.63, 3.8) is 0 Å². The van der Waals surface area contributed by atoms with Gasteiger partial charge in [0.05, 0.1) is 31.2 Å². The predicted octanol–water partition coefficient (Wildman–Crippen LogP) is 5.16. The molecule has 20 heavy (non-hydrogen) atoms. The molecule has 1 heterocycles. The fourth-order valence-corrected chi connectivity index (χ4v) is 2.96. The Morgan fingerprint density at radius 2 is 2.00 bits per heavy atom. The van der Waals surface area contributed by atoms with Gasteiger partial charge in [0.15, 0.2) is 0 Å². The molecular formula is C14H8Cl2FIN2. The summed E-state index contributed by atoms with van der Waals surface area (Å²) in [6.07, 6.45) is 0. The van der Waals surface area contributed by atoms with E-state index >= 15 is 0 Å². The second kappa shape index (κ2) is 5.50. The van der Waals surface area contributed by atoms with Crippen LogP contribution in [-0.4, -0.2) is 9.55 Å². The number of imidazole rings is 1. The molecule has 0 bridgehead atoms. The molecule has 0 atom stereocenters. The van der Waals surface area contributed by atoms with E-state index in [0.717, 1.165) is 5.69 Å². The third-order valence-corrected chi connectivity index (χ3v) is 4.36. The van der Waals surface area contributed by atoms with Gasteiger partial charge in [-0.1, -0.05) is 23.7 Å². The Labute approximate surface area is 138 Å². The molecule has 0 unspecified atom stereocenters. The Morgan fingerprint density at radius 3 is 2.70 bits per heavy atom. The van der Waals surface area contributed by atoms with E-state index in [-0.39, 0.29) is 11.7 Å². The number of nitrogens with zero attached hydrogens (tertiary/aromatic N) is 2. The Hall–Kier alpha value is -0.850. The minimum atomic E-state index is -0.285. The maximum atomic E-state index is 13.8. The van der Waals surface area contributed by atoms with Gasteiger partial charge in [-0.25, -0.2) is 9.37 Å². The fourth-order valence-electron chi connectivity index (χ4n) is 2.11. The summed E-state index contributed by atoms with van der Waals surface area (Å²) in [6.45, 7) is 0. The highest BCUT2D eigenvalue weighted by molar-refractivity contribution is 14.1. The van der Waals surface area contributed by atoms with Crippen LogP contribution in [0.1, 0.15) is 5.82 Å². The zero-order chi connectivity index (χ0) is 14.3. The van der Waals surface area contributed by atoms with Crippen molar-refractivity contribution in [3.8, 4) is 5.69 Å². The second-order valence-electron chi connectivity index (χ2n) is 4.20. The molecule has 0 spiro atoms. The Balaban J connectivity index is 2.39. The molecule has 102 valence electrons. The van der Waals surface area contributed by atoms with Crippen molar-refractivity contribution in [1.82, 2.24) is 9.55 Å². The van der Waals surface area contributed by atoms with E-state index in [1.807, 2.05) is 40.8 Å². The van der Waals surface area contributed by atoms with Crippen LogP contribution >= 0.6 is 45.8 Å². The number of alkyl halides is 1. The first kappa shape index (κ1) is 14.1. The summed E-state index contributed by atoms with van der Waals surface area (Å²) in [6, 6.07) is 10.5. The van der Waals surface area contributed by atoms with E-state index < -0.39 is 0 Å². The van der Waals surface area contributed by atoms with Gasteiger partial charge < -0.3 is 0 Å². The number of halogens is 4. The molecule has 0 saturated heterocycles. The highest BCUT2D eigenvalue weighted by Gasteiger charge is 2.15. The van der Waals surface area contributed by atoms with Crippen LogP contribution in [0.5, 0.6) is 0 Å².